The Morgan fingerprint density at radius 2 is 1.04 bits per heavy atom. The highest BCUT2D eigenvalue weighted by Gasteiger charge is 2.62. The molecule has 0 spiro atoms. The van der Waals surface area contributed by atoms with E-state index in [2.05, 4.69) is 9.47 Å². The highest BCUT2D eigenvalue weighted by molar-refractivity contribution is 4.85. The van der Waals surface area contributed by atoms with E-state index >= 15 is 0 Å². The van der Waals surface area contributed by atoms with Crippen molar-refractivity contribution in [2.75, 3.05) is 26.4 Å². The quantitative estimate of drug-likeness (QED) is 0.128. The molecule has 50 heavy (non-hydrogen) atoms. The van der Waals surface area contributed by atoms with Crippen LogP contribution in [0.15, 0.2) is 0 Å². The second-order valence-corrected chi connectivity index (χ2v) is 10.5. The summed E-state index contributed by atoms with van der Waals surface area (Å²) in [6.07, 6.45) is -34.4. The van der Waals surface area contributed by atoms with Crippen molar-refractivity contribution in [3.63, 3.8) is 0 Å². The first kappa shape index (κ1) is 50.5. The Balaban J connectivity index is 0. The average molecular weight is 796 g/mol. The van der Waals surface area contributed by atoms with E-state index in [4.69, 9.17) is 19.7 Å². The molecule has 0 bridgehead atoms. The molecule has 0 aliphatic carbocycles. The van der Waals surface area contributed by atoms with Crippen molar-refractivity contribution in [2.45, 2.75) is 126 Å². The molecule has 1 fully saturated rings. The van der Waals surface area contributed by atoms with Gasteiger partial charge < -0.3 is 29.2 Å². The molecule has 6 nitrogen and oxygen atoms in total. The first-order chi connectivity index (χ1) is 21.9. The van der Waals surface area contributed by atoms with Crippen molar-refractivity contribution in [3.05, 3.63) is 0 Å². The molecule has 26 heteroatoms. The van der Waals surface area contributed by atoms with Crippen LogP contribution in [0.2, 0.25) is 0 Å². The topological polar surface area (TPSA) is 77.4 Å². The van der Waals surface area contributed by atoms with Gasteiger partial charge in [-0.2, -0.15) is 70.2 Å². The summed E-state index contributed by atoms with van der Waals surface area (Å²) >= 11 is 0. The van der Waals surface area contributed by atoms with Gasteiger partial charge in [-0.05, 0) is 26.7 Å². The van der Waals surface area contributed by atoms with Crippen molar-refractivity contribution in [1.82, 2.24) is 0 Å². The molecule has 0 saturated carbocycles. The Morgan fingerprint density at radius 1 is 0.660 bits per heavy atom. The Hall–Kier alpha value is -1.64. The number of alkyl halides is 20. The smallest absolute Gasteiger partial charge is 0.394 e. The van der Waals surface area contributed by atoms with Crippen LogP contribution in [0.4, 0.5) is 87.8 Å². The SMILES string of the molecule is CC(OCC(F)(F)F)OCC(F)(F)F.CC1OCC(CCC(F)(F)CC(F)(F)C(F)(F)F)O1.OCC(O)CCC(F)(F)CC(F)(F)C(F)(F)F. The summed E-state index contributed by atoms with van der Waals surface area (Å²) in [5.74, 6) is -19.3. The summed E-state index contributed by atoms with van der Waals surface area (Å²) in [5.41, 5.74) is 0. The van der Waals surface area contributed by atoms with Crippen molar-refractivity contribution < 1.29 is 117 Å². The summed E-state index contributed by atoms with van der Waals surface area (Å²) in [6.45, 7) is -1.63. The molecular weight excluding hydrogens is 764 g/mol. The van der Waals surface area contributed by atoms with Crippen LogP contribution in [0.3, 0.4) is 0 Å². The standard InChI is InChI=1S/C10H13F7O2.C8H11F7O2.C6H8F6O2/c1-6-18-4-7(19-6)2-3-8(11,12)5-9(13,14)10(15,16)17;9-6(10,2-1-5(17)3-16)4-7(11,12)8(13,14)15;1-4(13-2-5(7,8)9)14-3-6(10,11)12/h6-7H,2-5H2,1H3;5,16-17H,1-4H2;4H,2-3H2,1H3. The lowest BCUT2D eigenvalue weighted by Crippen LogP contribution is -2.42. The van der Waals surface area contributed by atoms with Crippen molar-refractivity contribution in [3.8, 4) is 0 Å². The van der Waals surface area contributed by atoms with Gasteiger partial charge >= 0.3 is 36.6 Å². The van der Waals surface area contributed by atoms with E-state index in [9.17, 15) is 87.8 Å². The number of aliphatic hydroxyl groups excluding tert-OH is 2. The summed E-state index contributed by atoms with van der Waals surface area (Å²) in [6, 6.07) is 0. The lowest BCUT2D eigenvalue weighted by atomic mass is 10.0. The van der Waals surface area contributed by atoms with Crippen LogP contribution in [-0.2, 0) is 18.9 Å². The van der Waals surface area contributed by atoms with Crippen LogP contribution in [0, 0.1) is 0 Å². The second kappa shape index (κ2) is 19.4. The van der Waals surface area contributed by atoms with Crippen LogP contribution in [0.1, 0.15) is 52.4 Å². The highest BCUT2D eigenvalue weighted by atomic mass is 19.4. The van der Waals surface area contributed by atoms with Crippen LogP contribution in [-0.4, -0.2) is 110 Å². The van der Waals surface area contributed by atoms with E-state index in [1.165, 1.54) is 6.92 Å². The van der Waals surface area contributed by atoms with Gasteiger partial charge in [-0.25, -0.2) is 17.6 Å². The molecule has 2 N–H and O–H groups in total. The predicted molar refractivity (Wildman–Crippen MR) is 126 cm³/mol. The minimum atomic E-state index is -6.04. The predicted octanol–water partition coefficient (Wildman–Crippen LogP) is 8.58. The molecule has 304 valence electrons. The third kappa shape index (κ3) is 23.8. The summed E-state index contributed by atoms with van der Waals surface area (Å²) in [5, 5.41) is 17.0. The average Bonchev–Trinajstić information content (AvgIpc) is 3.31. The van der Waals surface area contributed by atoms with Crippen molar-refractivity contribution in [2.24, 2.45) is 0 Å². The van der Waals surface area contributed by atoms with Crippen molar-refractivity contribution in [1.29, 1.82) is 0 Å². The lowest BCUT2D eigenvalue weighted by molar-refractivity contribution is -0.301. The Kier molecular flexibility index (Phi) is 19.6. The maximum atomic E-state index is 13.1. The highest BCUT2D eigenvalue weighted by Crippen LogP contribution is 2.45. The fourth-order valence-corrected chi connectivity index (χ4v) is 3.08. The zero-order valence-corrected chi connectivity index (χ0v) is 25.5. The second-order valence-electron chi connectivity index (χ2n) is 10.5. The van der Waals surface area contributed by atoms with Gasteiger partial charge in [-0.15, -0.1) is 0 Å². The minimum absolute atomic E-state index is 0.0207. The van der Waals surface area contributed by atoms with E-state index in [1.807, 2.05) is 0 Å². The Morgan fingerprint density at radius 3 is 1.34 bits per heavy atom. The normalized spacial score (nSPS) is 19.1. The number of rotatable bonds is 15. The van der Waals surface area contributed by atoms with Crippen LogP contribution in [0.5, 0.6) is 0 Å². The third-order valence-corrected chi connectivity index (χ3v) is 5.54. The Labute approximate surface area is 269 Å². The molecule has 1 aliphatic rings. The van der Waals surface area contributed by atoms with Gasteiger partial charge in [0.05, 0.1) is 38.3 Å². The molecule has 1 rings (SSSR count). The van der Waals surface area contributed by atoms with Gasteiger partial charge in [0.2, 0.25) is 0 Å². The molecule has 0 radical (unpaired) electrons. The van der Waals surface area contributed by atoms with Gasteiger partial charge in [0.1, 0.15) is 13.2 Å². The number of ether oxygens (including phenoxy) is 4. The van der Waals surface area contributed by atoms with Gasteiger partial charge in [-0.1, -0.05) is 0 Å². The number of aliphatic hydroxyl groups is 2. The first-order valence-corrected chi connectivity index (χ1v) is 13.5. The molecular formula is C24H32F20O6. The van der Waals surface area contributed by atoms with Crippen LogP contribution < -0.4 is 0 Å². The van der Waals surface area contributed by atoms with E-state index in [0.29, 0.717) is 0 Å². The maximum Gasteiger partial charge on any atom is 0.453 e. The number of hydrogen-bond donors (Lipinski definition) is 2. The van der Waals surface area contributed by atoms with Crippen LogP contribution in [0.25, 0.3) is 0 Å². The molecule has 0 aromatic rings. The fraction of sp³-hybridized carbons (Fsp3) is 1.00. The van der Waals surface area contributed by atoms with E-state index in [0.717, 1.165) is 6.92 Å². The fourth-order valence-electron chi connectivity index (χ4n) is 3.08. The molecule has 1 heterocycles. The maximum absolute atomic E-state index is 13.1. The van der Waals surface area contributed by atoms with Gasteiger partial charge in [-0.3, -0.25) is 0 Å². The molecule has 1 saturated heterocycles. The first-order valence-electron chi connectivity index (χ1n) is 13.5. The van der Waals surface area contributed by atoms with Crippen molar-refractivity contribution >= 4 is 0 Å². The lowest BCUT2D eigenvalue weighted by Gasteiger charge is -2.25. The molecule has 0 aromatic heterocycles. The van der Waals surface area contributed by atoms with Gasteiger partial charge in [0.25, 0.3) is 11.8 Å². The zero-order valence-electron chi connectivity index (χ0n) is 25.5. The molecule has 3 atom stereocenters. The van der Waals surface area contributed by atoms with E-state index < -0.39 is 125 Å². The summed E-state index contributed by atoms with van der Waals surface area (Å²) in [4.78, 5) is 0. The van der Waals surface area contributed by atoms with Crippen LogP contribution >= 0.6 is 0 Å². The molecule has 3 unspecified atom stereocenters. The molecule has 0 amide bonds. The number of hydrogen-bond acceptors (Lipinski definition) is 6. The monoisotopic (exact) mass is 796 g/mol. The molecule has 1 aliphatic heterocycles. The minimum Gasteiger partial charge on any atom is -0.394 e. The van der Waals surface area contributed by atoms with Gasteiger partial charge in [0, 0.05) is 12.8 Å². The third-order valence-electron chi connectivity index (χ3n) is 5.54. The summed E-state index contributed by atoms with van der Waals surface area (Å²) < 4.78 is 259. The van der Waals surface area contributed by atoms with E-state index in [1.54, 1.807) is 0 Å². The number of halogens is 20. The van der Waals surface area contributed by atoms with Gasteiger partial charge in [0.15, 0.2) is 12.6 Å². The van der Waals surface area contributed by atoms with E-state index in [-0.39, 0.29) is 13.0 Å². The largest absolute Gasteiger partial charge is 0.453 e. The Bertz CT molecular complexity index is 917. The summed E-state index contributed by atoms with van der Waals surface area (Å²) in [7, 11) is 0. The zero-order chi connectivity index (χ0) is 40.2. The molecule has 0 aromatic carbocycles.